The SMILES string of the molecule is CC(O)C(C)n1nnc(C(=O)O)c1-c1ccncc1. The van der Waals surface area contributed by atoms with Gasteiger partial charge in [0.1, 0.15) is 5.69 Å². The molecule has 2 atom stereocenters. The number of nitrogens with zero attached hydrogens (tertiary/aromatic N) is 4. The number of hydrogen-bond acceptors (Lipinski definition) is 5. The summed E-state index contributed by atoms with van der Waals surface area (Å²) in [7, 11) is 0. The molecular weight excluding hydrogens is 248 g/mol. The number of aliphatic hydroxyl groups excluding tert-OH is 1. The summed E-state index contributed by atoms with van der Waals surface area (Å²) in [6.07, 6.45) is 2.44. The lowest BCUT2D eigenvalue weighted by molar-refractivity contribution is 0.0691. The lowest BCUT2D eigenvalue weighted by Crippen LogP contribution is -2.20. The molecule has 0 aliphatic heterocycles. The molecule has 0 bridgehead atoms. The summed E-state index contributed by atoms with van der Waals surface area (Å²) < 4.78 is 1.42. The van der Waals surface area contributed by atoms with E-state index in [0.717, 1.165) is 0 Å². The van der Waals surface area contributed by atoms with Crippen LogP contribution < -0.4 is 0 Å². The van der Waals surface area contributed by atoms with Gasteiger partial charge in [-0.15, -0.1) is 5.10 Å². The molecule has 7 nitrogen and oxygen atoms in total. The molecule has 2 rings (SSSR count). The predicted molar refractivity (Wildman–Crippen MR) is 66.6 cm³/mol. The Labute approximate surface area is 109 Å². The molecule has 2 N–H and O–H groups in total. The molecule has 0 aliphatic rings. The molecule has 100 valence electrons. The fourth-order valence-corrected chi connectivity index (χ4v) is 1.71. The second-order valence-corrected chi connectivity index (χ2v) is 4.25. The van der Waals surface area contributed by atoms with Gasteiger partial charge in [-0.1, -0.05) is 5.21 Å². The molecule has 7 heteroatoms. The zero-order valence-corrected chi connectivity index (χ0v) is 10.6. The van der Waals surface area contributed by atoms with Gasteiger partial charge in [-0.3, -0.25) is 4.98 Å². The van der Waals surface area contributed by atoms with Crippen molar-refractivity contribution in [1.29, 1.82) is 0 Å². The van der Waals surface area contributed by atoms with Gasteiger partial charge in [0.25, 0.3) is 0 Å². The first kappa shape index (κ1) is 13.2. The third-order valence-corrected chi connectivity index (χ3v) is 2.93. The highest BCUT2D eigenvalue weighted by Crippen LogP contribution is 2.25. The van der Waals surface area contributed by atoms with Gasteiger partial charge in [0.15, 0.2) is 5.69 Å². The van der Waals surface area contributed by atoms with Crippen LogP contribution in [0, 0.1) is 0 Å². The van der Waals surface area contributed by atoms with Gasteiger partial charge in [-0.25, -0.2) is 9.48 Å². The number of rotatable bonds is 4. The van der Waals surface area contributed by atoms with E-state index in [2.05, 4.69) is 15.3 Å². The van der Waals surface area contributed by atoms with Crippen molar-refractivity contribution in [3.05, 3.63) is 30.2 Å². The Kier molecular flexibility index (Phi) is 3.57. The molecule has 2 aromatic rings. The maximum Gasteiger partial charge on any atom is 0.358 e. The van der Waals surface area contributed by atoms with Crippen molar-refractivity contribution in [2.45, 2.75) is 26.0 Å². The Hall–Kier alpha value is -2.28. The molecule has 0 aromatic carbocycles. The fourth-order valence-electron chi connectivity index (χ4n) is 1.71. The number of carbonyl (C=O) groups is 1. The summed E-state index contributed by atoms with van der Waals surface area (Å²) in [5, 5.41) is 26.3. The van der Waals surface area contributed by atoms with Crippen LogP contribution in [0.3, 0.4) is 0 Å². The second kappa shape index (κ2) is 5.15. The molecule has 2 unspecified atom stereocenters. The molecular formula is C12H14N4O3. The van der Waals surface area contributed by atoms with Crippen molar-refractivity contribution in [3.63, 3.8) is 0 Å². The summed E-state index contributed by atoms with van der Waals surface area (Å²) >= 11 is 0. The monoisotopic (exact) mass is 262 g/mol. The highest BCUT2D eigenvalue weighted by atomic mass is 16.4. The zero-order valence-electron chi connectivity index (χ0n) is 10.6. The molecule has 0 fully saturated rings. The van der Waals surface area contributed by atoms with E-state index in [1.165, 1.54) is 4.68 Å². The molecule has 0 saturated heterocycles. The first-order chi connectivity index (χ1) is 9.02. The minimum absolute atomic E-state index is 0.140. The van der Waals surface area contributed by atoms with E-state index in [0.29, 0.717) is 11.3 Å². The minimum Gasteiger partial charge on any atom is -0.476 e. The topological polar surface area (TPSA) is 101 Å². The Bertz CT molecular complexity index is 580. The summed E-state index contributed by atoms with van der Waals surface area (Å²) in [6, 6.07) is 2.97. The Morgan fingerprint density at radius 1 is 1.32 bits per heavy atom. The maximum absolute atomic E-state index is 11.2. The van der Waals surface area contributed by atoms with Crippen LogP contribution in [0.4, 0.5) is 0 Å². The Morgan fingerprint density at radius 2 is 1.95 bits per heavy atom. The number of aliphatic hydroxyl groups is 1. The summed E-state index contributed by atoms with van der Waals surface area (Å²) in [6.45, 7) is 3.36. The average Bonchev–Trinajstić information content (AvgIpc) is 2.83. The van der Waals surface area contributed by atoms with Gasteiger partial charge in [0.05, 0.1) is 12.1 Å². The third-order valence-electron chi connectivity index (χ3n) is 2.93. The van der Waals surface area contributed by atoms with Crippen LogP contribution in [0.25, 0.3) is 11.3 Å². The van der Waals surface area contributed by atoms with E-state index in [1.54, 1.807) is 38.4 Å². The largest absolute Gasteiger partial charge is 0.476 e. The number of carboxylic acid groups (broad SMARTS) is 1. The van der Waals surface area contributed by atoms with Crippen LogP contribution in [0.2, 0.25) is 0 Å². The number of pyridine rings is 1. The smallest absolute Gasteiger partial charge is 0.358 e. The van der Waals surface area contributed by atoms with Crippen LogP contribution in [0.5, 0.6) is 0 Å². The maximum atomic E-state index is 11.2. The molecule has 0 radical (unpaired) electrons. The van der Waals surface area contributed by atoms with Gasteiger partial charge < -0.3 is 10.2 Å². The lowest BCUT2D eigenvalue weighted by atomic mass is 10.1. The molecule has 2 heterocycles. The van der Waals surface area contributed by atoms with E-state index >= 15 is 0 Å². The number of hydrogen-bond donors (Lipinski definition) is 2. The summed E-state index contributed by atoms with van der Waals surface area (Å²) in [4.78, 5) is 15.1. The van der Waals surface area contributed by atoms with Crippen LogP contribution in [0.1, 0.15) is 30.4 Å². The third kappa shape index (κ3) is 2.45. The van der Waals surface area contributed by atoms with Crippen molar-refractivity contribution in [2.75, 3.05) is 0 Å². The Balaban J connectivity index is 2.61. The van der Waals surface area contributed by atoms with Crippen molar-refractivity contribution in [3.8, 4) is 11.3 Å². The summed E-state index contributed by atoms with van der Waals surface area (Å²) in [5.74, 6) is -1.16. The molecule has 0 spiro atoms. The predicted octanol–water partition coefficient (Wildman–Crippen LogP) is 0.980. The van der Waals surface area contributed by atoms with Crippen molar-refractivity contribution >= 4 is 5.97 Å². The van der Waals surface area contributed by atoms with Gasteiger partial charge in [0.2, 0.25) is 0 Å². The van der Waals surface area contributed by atoms with Crippen molar-refractivity contribution < 1.29 is 15.0 Å². The van der Waals surface area contributed by atoms with E-state index in [1.807, 2.05) is 0 Å². The molecule has 0 saturated carbocycles. The van der Waals surface area contributed by atoms with Crippen molar-refractivity contribution in [1.82, 2.24) is 20.0 Å². The van der Waals surface area contributed by atoms with Crippen molar-refractivity contribution in [2.24, 2.45) is 0 Å². The van der Waals surface area contributed by atoms with Gasteiger partial charge in [-0.05, 0) is 26.0 Å². The molecule has 0 aliphatic carbocycles. The molecule has 19 heavy (non-hydrogen) atoms. The zero-order chi connectivity index (χ0) is 14.0. The highest BCUT2D eigenvalue weighted by Gasteiger charge is 2.24. The highest BCUT2D eigenvalue weighted by molar-refractivity contribution is 5.92. The Morgan fingerprint density at radius 3 is 2.47 bits per heavy atom. The van der Waals surface area contributed by atoms with Gasteiger partial charge in [0, 0.05) is 18.0 Å². The number of carboxylic acids is 1. The molecule has 2 aromatic heterocycles. The quantitative estimate of drug-likeness (QED) is 0.851. The lowest BCUT2D eigenvalue weighted by Gasteiger charge is -2.17. The fraction of sp³-hybridized carbons (Fsp3) is 0.333. The number of aromatic nitrogens is 4. The first-order valence-electron chi connectivity index (χ1n) is 5.79. The van der Waals surface area contributed by atoms with Crippen LogP contribution >= 0.6 is 0 Å². The van der Waals surface area contributed by atoms with E-state index in [4.69, 9.17) is 5.11 Å². The van der Waals surface area contributed by atoms with Crippen LogP contribution in [-0.4, -0.2) is 42.3 Å². The van der Waals surface area contributed by atoms with E-state index in [9.17, 15) is 9.90 Å². The van der Waals surface area contributed by atoms with Gasteiger partial charge >= 0.3 is 5.97 Å². The second-order valence-electron chi connectivity index (χ2n) is 4.25. The van der Waals surface area contributed by atoms with E-state index < -0.39 is 12.1 Å². The number of aromatic carboxylic acids is 1. The normalized spacial score (nSPS) is 14.1. The molecule has 0 amide bonds. The van der Waals surface area contributed by atoms with Crippen LogP contribution in [0.15, 0.2) is 24.5 Å². The first-order valence-corrected chi connectivity index (χ1v) is 5.79. The standard InChI is InChI=1S/C12H14N4O3/c1-7(8(2)17)16-11(9-3-5-13-6-4-9)10(12(18)19)14-15-16/h3-8,17H,1-2H3,(H,18,19). The van der Waals surface area contributed by atoms with E-state index in [-0.39, 0.29) is 11.7 Å². The summed E-state index contributed by atoms with van der Waals surface area (Å²) in [5.41, 5.74) is 0.868. The van der Waals surface area contributed by atoms with Gasteiger partial charge in [-0.2, -0.15) is 0 Å². The minimum atomic E-state index is -1.16. The average molecular weight is 262 g/mol. The van der Waals surface area contributed by atoms with Crippen LogP contribution in [-0.2, 0) is 0 Å².